The number of H-pyrrole nitrogens is 1. The van der Waals surface area contributed by atoms with Gasteiger partial charge in [-0.15, -0.1) is 0 Å². The summed E-state index contributed by atoms with van der Waals surface area (Å²) in [6, 6.07) is 7.55. The quantitative estimate of drug-likeness (QED) is 0.626. The maximum atomic E-state index is 11.5. The molecular weight excluding hydrogens is 216 g/mol. The number of nitrogens with one attached hydrogen (secondary N) is 1. The summed E-state index contributed by atoms with van der Waals surface area (Å²) in [5, 5.41) is 0. The van der Waals surface area contributed by atoms with Gasteiger partial charge in [-0.1, -0.05) is 24.3 Å². The molecule has 0 spiro atoms. The lowest BCUT2D eigenvalue weighted by Gasteiger charge is -2.05. The van der Waals surface area contributed by atoms with E-state index < -0.39 is 0 Å². The van der Waals surface area contributed by atoms with Gasteiger partial charge in [-0.2, -0.15) is 0 Å². The third-order valence-electron chi connectivity index (χ3n) is 2.47. The first-order chi connectivity index (χ1) is 8.31. The molecule has 0 bridgehead atoms. The Balaban J connectivity index is 2.28. The summed E-state index contributed by atoms with van der Waals surface area (Å²) in [4.78, 5) is 28.9. The molecule has 0 atom stereocenters. The summed E-state index contributed by atoms with van der Waals surface area (Å²) in [5.74, 6) is 0.651. The second kappa shape index (κ2) is 5.21. The summed E-state index contributed by atoms with van der Waals surface area (Å²) in [5.41, 5.74) is 1.78. The van der Waals surface area contributed by atoms with Crippen molar-refractivity contribution in [1.29, 1.82) is 0 Å². The van der Waals surface area contributed by atoms with Crippen LogP contribution < -0.4 is 0 Å². The summed E-state index contributed by atoms with van der Waals surface area (Å²) in [6.45, 7) is 0. The van der Waals surface area contributed by atoms with E-state index in [9.17, 15) is 9.59 Å². The molecule has 0 unspecified atom stereocenters. The van der Waals surface area contributed by atoms with E-state index in [1.807, 2.05) is 24.3 Å². The van der Waals surface area contributed by atoms with Crippen LogP contribution in [0.25, 0.3) is 11.4 Å². The van der Waals surface area contributed by atoms with Gasteiger partial charge in [-0.25, -0.2) is 4.98 Å². The van der Waals surface area contributed by atoms with E-state index >= 15 is 0 Å². The fraction of sp³-hybridized carbons (Fsp3) is 0.154. The Labute approximate surface area is 98.7 Å². The van der Waals surface area contributed by atoms with Crippen molar-refractivity contribution in [2.45, 2.75) is 12.8 Å². The number of Topliss-reactive ketones (excluding diaryl/α,β-unsaturated/α-hetero) is 1. The van der Waals surface area contributed by atoms with Crippen LogP contribution in [-0.4, -0.2) is 22.0 Å². The Morgan fingerprint density at radius 2 is 2.18 bits per heavy atom. The van der Waals surface area contributed by atoms with Crippen molar-refractivity contribution in [3.05, 3.63) is 42.2 Å². The number of benzene rings is 1. The van der Waals surface area contributed by atoms with E-state index in [1.165, 1.54) is 0 Å². The van der Waals surface area contributed by atoms with Crippen LogP contribution in [-0.2, 0) is 16.0 Å². The highest BCUT2D eigenvalue weighted by molar-refractivity contribution is 5.92. The second-order valence-electron chi connectivity index (χ2n) is 3.68. The van der Waals surface area contributed by atoms with Gasteiger partial charge in [-0.3, -0.25) is 4.79 Å². The van der Waals surface area contributed by atoms with E-state index in [0.29, 0.717) is 6.29 Å². The van der Waals surface area contributed by atoms with E-state index in [4.69, 9.17) is 0 Å². The highest BCUT2D eigenvalue weighted by Gasteiger charge is 2.10. The summed E-state index contributed by atoms with van der Waals surface area (Å²) in [6.07, 6.45) is 4.26. The molecule has 0 aliphatic heterocycles. The summed E-state index contributed by atoms with van der Waals surface area (Å²) >= 11 is 0. The number of carbonyl (C=O) groups excluding carboxylic acids is 2. The van der Waals surface area contributed by atoms with Gasteiger partial charge >= 0.3 is 0 Å². The van der Waals surface area contributed by atoms with E-state index in [-0.39, 0.29) is 18.6 Å². The fourth-order valence-electron chi connectivity index (χ4n) is 1.70. The molecule has 0 aliphatic rings. The molecule has 1 heterocycles. The molecule has 0 aliphatic carbocycles. The lowest BCUT2D eigenvalue weighted by molar-refractivity contribution is -0.121. The molecule has 17 heavy (non-hydrogen) atoms. The fourth-order valence-corrected chi connectivity index (χ4v) is 1.70. The normalized spacial score (nSPS) is 10.1. The van der Waals surface area contributed by atoms with Gasteiger partial charge in [0.25, 0.3) is 0 Å². The maximum Gasteiger partial charge on any atom is 0.144 e. The number of imidazole rings is 1. The van der Waals surface area contributed by atoms with Crippen LogP contribution >= 0.6 is 0 Å². The Morgan fingerprint density at radius 1 is 1.35 bits per heavy atom. The number of hydrogen-bond donors (Lipinski definition) is 1. The molecule has 0 amide bonds. The predicted octanol–water partition coefficient (Wildman–Crippen LogP) is 1.78. The van der Waals surface area contributed by atoms with E-state index in [2.05, 4.69) is 9.97 Å². The third kappa shape index (κ3) is 2.66. The largest absolute Gasteiger partial charge is 0.345 e. The van der Waals surface area contributed by atoms with E-state index in [1.54, 1.807) is 12.4 Å². The van der Waals surface area contributed by atoms with Crippen molar-refractivity contribution in [2.24, 2.45) is 0 Å². The number of aromatic nitrogens is 2. The zero-order valence-electron chi connectivity index (χ0n) is 9.22. The SMILES string of the molecule is O=CCC(=O)Cc1ccccc1-c1ncc[nH]1. The number of ketones is 1. The van der Waals surface area contributed by atoms with E-state index in [0.717, 1.165) is 17.0 Å². The van der Waals surface area contributed by atoms with Gasteiger partial charge in [0, 0.05) is 24.4 Å². The molecule has 4 heteroatoms. The Hall–Kier alpha value is -2.23. The number of aromatic amines is 1. The molecule has 4 nitrogen and oxygen atoms in total. The minimum atomic E-state index is -0.0843. The number of rotatable bonds is 5. The van der Waals surface area contributed by atoms with Gasteiger partial charge in [0.05, 0.1) is 6.42 Å². The molecule has 86 valence electrons. The highest BCUT2D eigenvalue weighted by Crippen LogP contribution is 2.20. The van der Waals surface area contributed by atoms with Crippen molar-refractivity contribution < 1.29 is 9.59 Å². The second-order valence-corrected chi connectivity index (χ2v) is 3.68. The molecular formula is C13H12N2O2. The first-order valence-corrected chi connectivity index (χ1v) is 5.34. The monoisotopic (exact) mass is 228 g/mol. The van der Waals surface area contributed by atoms with Gasteiger partial charge in [0.15, 0.2) is 0 Å². The van der Waals surface area contributed by atoms with Crippen molar-refractivity contribution in [3.8, 4) is 11.4 Å². The average Bonchev–Trinajstić information content (AvgIpc) is 2.83. The van der Waals surface area contributed by atoms with Crippen molar-refractivity contribution >= 4 is 12.1 Å². The average molecular weight is 228 g/mol. The minimum Gasteiger partial charge on any atom is -0.345 e. The standard InChI is InChI=1S/C13H12N2O2/c16-8-5-11(17)9-10-3-1-2-4-12(10)13-14-6-7-15-13/h1-4,6-8H,5,9H2,(H,14,15). The number of carbonyl (C=O) groups is 2. The lowest BCUT2D eigenvalue weighted by atomic mass is 10.0. The van der Waals surface area contributed by atoms with Crippen LogP contribution in [0, 0.1) is 0 Å². The molecule has 0 radical (unpaired) electrons. The molecule has 0 saturated heterocycles. The summed E-state index contributed by atoms with van der Waals surface area (Å²) < 4.78 is 0. The van der Waals surface area contributed by atoms with Gasteiger partial charge < -0.3 is 9.78 Å². The van der Waals surface area contributed by atoms with Crippen molar-refractivity contribution in [3.63, 3.8) is 0 Å². The summed E-state index contributed by atoms with van der Waals surface area (Å²) in [7, 11) is 0. The molecule has 2 rings (SSSR count). The van der Waals surface area contributed by atoms with Crippen LogP contribution in [0.5, 0.6) is 0 Å². The molecule has 1 aromatic carbocycles. The first kappa shape index (κ1) is 11.3. The molecule has 0 fully saturated rings. The smallest absolute Gasteiger partial charge is 0.144 e. The number of nitrogens with zero attached hydrogens (tertiary/aromatic N) is 1. The van der Waals surface area contributed by atoms with Crippen LogP contribution in [0.3, 0.4) is 0 Å². The van der Waals surface area contributed by atoms with Crippen LogP contribution in [0.4, 0.5) is 0 Å². The van der Waals surface area contributed by atoms with Crippen LogP contribution in [0.2, 0.25) is 0 Å². The first-order valence-electron chi connectivity index (χ1n) is 5.34. The molecule has 1 aromatic heterocycles. The Kier molecular flexibility index (Phi) is 3.45. The zero-order valence-corrected chi connectivity index (χ0v) is 9.22. The maximum absolute atomic E-state index is 11.5. The third-order valence-corrected chi connectivity index (χ3v) is 2.47. The lowest BCUT2D eigenvalue weighted by Crippen LogP contribution is -2.04. The van der Waals surface area contributed by atoms with Gasteiger partial charge in [0.2, 0.25) is 0 Å². The molecule has 1 N–H and O–H groups in total. The van der Waals surface area contributed by atoms with Crippen LogP contribution in [0.1, 0.15) is 12.0 Å². The number of hydrogen-bond acceptors (Lipinski definition) is 3. The Bertz CT molecular complexity index is 518. The predicted molar refractivity (Wildman–Crippen MR) is 63.4 cm³/mol. The zero-order chi connectivity index (χ0) is 12.1. The minimum absolute atomic E-state index is 0.0352. The van der Waals surface area contributed by atoms with Crippen molar-refractivity contribution in [2.75, 3.05) is 0 Å². The van der Waals surface area contributed by atoms with Gasteiger partial charge in [0.1, 0.15) is 17.9 Å². The van der Waals surface area contributed by atoms with Crippen molar-refractivity contribution in [1.82, 2.24) is 9.97 Å². The highest BCUT2D eigenvalue weighted by atomic mass is 16.1. The van der Waals surface area contributed by atoms with Crippen LogP contribution in [0.15, 0.2) is 36.7 Å². The number of aldehydes is 1. The molecule has 2 aromatic rings. The van der Waals surface area contributed by atoms with Gasteiger partial charge in [-0.05, 0) is 5.56 Å². The molecule has 0 saturated carbocycles. The topological polar surface area (TPSA) is 62.8 Å². The Morgan fingerprint density at radius 3 is 2.88 bits per heavy atom.